The molecule has 0 fully saturated rings. The van der Waals surface area contributed by atoms with Gasteiger partial charge in [0.05, 0.1) is 0 Å². The zero-order valence-corrected chi connectivity index (χ0v) is 9.46. The summed E-state index contributed by atoms with van der Waals surface area (Å²) in [5.74, 6) is 0. The van der Waals surface area contributed by atoms with Gasteiger partial charge in [-0.15, -0.1) is 0 Å². The van der Waals surface area contributed by atoms with Crippen LogP contribution in [-0.2, 0) is 4.74 Å². The van der Waals surface area contributed by atoms with E-state index in [-0.39, 0.29) is 6.09 Å². The van der Waals surface area contributed by atoms with Crippen molar-refractivity contribution >= 4 is 13.9 Å². The van der Waals surface area contributed by atoms with E-state index in [0.29, 0.717) is 6.54 Å². The second-order valence-electron chi connectivity index (χ2n) is 4.58. The Bertz CT molecular complexity index is 255. The molecule has 14 heavy (non-hydrogen) atoms. The first kappa shape index (κ1) is 11.2. The summed E-state index contributed by atoms with van der Waals surface area (Å²) in [4.78, 5) is 13.3. The molecule has 1 amide bonds. The molecule has 0 aromatic carbocycles. The molecule has 0 aliphatic carbocycles. The topological polar surface area (TPSA) is 29.5 Å². The lowest BCUT2D eigenvalue weighted by molar-refractivity contribution is 0.0301. The molecule has 0 aromatic heterocycles. The van der Waals surface area contributed by atoms with Gasteiger partial charge in [0.1, 0.15) is 13.4 Å². The third kappa shape index (κ3) is 3.09. The number of carbonyl (C=O) groups excluding carboxylic acids is 1. The summed E-state index contributed by atoms with van der Waals surface area (Å²) in [6.45, 7) is 7.07. The van der Waals surface area contributed by atoms with E-state index in [1.54, 1.807) is 4.90 Å². The van der Waals surface area contributed by atoms with Gasteiger partial charge < -0.3 is 9.64 Å². The minimum atomic E-state index is -0.397. The molecule has 1 heterocycles. The van der Waals surface area contributed by atoms with Gasteiger partial charge in [0.15, 0.2) is 0 Å². The first-order chi connectivity index (χ1) is 6.42. The minimum Gasteiger partial charge on any atom is -0.444 e. The molecule has 4 heteroatoms. The van der Waals surface area contributed by atoms with Crippen molar-refractivity contribution in [3.05, 3.63) is 11.6 Å². The van der Waals surface area contributed by atoms with Crippen LogP contribution in [0.2, 0.25) is 6.32 Å². The van der Waals surface area contributed by atoms with Gasteiger partial charge in [0.2, 0.25) is 0 Å². The molecule has 1 rings (SSSR count). The van der Waals surface area contributed by atoms with Crippen molar-refractivity contribution in [1.29, 1.82) is 0 Å². The third-order valence-electron chi connectivity index (χ3n) is 2.10. The molecule has 0 radical (unpaired) electrons. The van der Waals surface area contributed by atoms with Crippen molar-refractivity contribution in [1.82, 2.24) is 4.90 Å². The number of rotatable bonds is 1. The van der Waals surface area contributed by atoms with E-state index in [4.69, 9.17) is 4.74 Å². The molecule has 1 aliphatic rings. The largest absolute Gasteiger partial charge is 0.444 e. The summed E-state index contributed by atoms with van der Waals surface area (Å²) in [7, 11) is 2.10. The quantitative estimate of drug-likeness (QED) is 0.465. The highest BCUT2D eigenvalue weighted by molar-refractivity contribution is 6.10. The summed E-state index contributed by atoms with van der Waals surface area (Å²) in [5.41, 5.74) is 0.919. The summed E-state index contributed by atoms with van der Waals surface area (Å²) in [6, 6.07) is 0. The van der Waals surface area contributed by atoms with Gasteiger partial charge >= 0.3 is 6.09 Å². The minimum absolute atomic E-state index is 0.211. The van der Waals surface area contributed by atoms with Crippen molar-refractivity contribution in [2.75, 3.05) is 13.1 Å². The number of ether oxygens (including phenoxy) is 1. The molecular formula is C10H18BNO2. The zero-order chi connectivity index (χ0) is 10.8. The number of amides is 1. The van der Waals surface area contributed by atoms with Crippen LogP contribution >= 0.6 is 0 Å². The Morgan fingerprint density at radius 1 is 1.64 bits per heavy atom. The van der Waals surface area contributed by atoms with Crippen LogP contribution in [0.3, 0.4) is 0 Å². The Labute approximate surface area is 86.5 Å². The number of hydrogen-bond donors (Lipinski definition) is 0. The lowest BCUT2D eigenvalue weighted by Crippen LogP contribution is -2.35. The average Bonchev–Trinajstić information content (AvgIpc) is 2.48. The second kappa shape index (κ2) is 4.07. The summed E-state index contributed by atoms with van der Waals surface area (Å²) in [5, 5.41) is 0. The smallest absolute Gasteiger partial charge is 0.410 e. The Morgan fingerprint density at radius 2 is 2.29 bits per heavy atom. The maximum absolute atomic E-state index is 11.6. The summed E-state index contributed by atoms with van der Waals surface area (Å²) < 4.78 is 5.27. The SMILES string of the molecule is BCC1=CCN(C(=O)OC(C)(C)C)C1. The fraction of sp³-hybridized carbons (Fsp3) is 0.700. The zero-order valence-electron chi connectivity index (χ0n) is 9.46. The summed E-state index contributed by atoms with van der Waals surface area (Å²) in [6.07, 6.45) is 2.90. The van der Waals surface area contributed by atoms with E-state index in [1.165, 1.54) is 5.57 Å². The highest BCUT2D eigenvalue weighted by Gasteiger charge is 2.24. The van der Waals surface area contributed by atoms with Crippen LogP contribution in [-0.4, -0.2) is 37.5 Å². The van der Waals surface area contributed by atoms with E-state index in [0.717, 1.165) is 12.9 Å². The highest BCUT2D eigenvalue weighted by Crippen LogP contribution is 2.16. The van der Waals surface area contributed by atoms with Crippen LogP contribution in [0, 0.1) is 0 Å². The first-order valence-corrected chi connectivity index (χ1v) is 5.08. The molecule has 0 unspecified atom stereocenters. The van der Waals surface area contributed by atoms with E-state index >= 15 is 0 Å². The van der Waals surface area contributed by atoms with Crippen molar-refractivity contribution in [2.45, 2.75) is 32.7 Å². The third-order valence-corrected chi connectivity index (χ3v) is 2.10. The molecule has 78 valence electrons. The standard InChI is InChI=1S/C10H18BNO2/c1-10(2,3)14-9(13)12-5-4-8(6-11)7-12/h4H,5-7,11H2,1-3H3. The lowest BCUT2D eigenvalue weighted by Gasteiger charge is -2.24. The van der Waals surface area contributed by atoms with Gasteiger partial charge in [0.25, 0.3) is 0 Å². The van der Waals surface area contributed by atoms with Gasteiger partial charge in [-0.05, 0) is 20.8 Å². The van der Waals surface area contributed by atoms with Crippen molar-refractivity contribution < 1.29 is 9.53 Å². The Morgan fingerprint density at radius 3 is 2.71 bits per heavy atom. The van der Waals surface area contributed by atoms with Crippen LogP contribution in [0.15, 0.2) is 11.6 Å². The van der Waals surface area contributed by atoms with Gasteiger partial charge in [0, 0.05) is 13.1 Å². The highest BCUT2D eigenvalue weighted by atomic mass is 16.6. The molecule has 0 bridgehead atoms. The molecule has 0 spiro atoms. The average molecular weight is 195 g/mol. The molecule has 0 N–H and O–H groups in total. The summed E-state index contributed by atoms with van der Waals surface area (Å²) >= 11 is 0. The van der Waals surface area contributed by atoms with Crippen molar-refractivity contribution in [3.8, 4) is 0 Å². The number of nitrogens with zero attached hydrogens (tertiary/aromatic N) is 1. The fourth-order valence-corrected chi connectivity index (χ4v) is 1.34. The fourth-order valence-electron chi connectivity index (χ4n) is 1.34. The Balaban J connectivity index is 2.42. The van der Waals surface area contributed by atoms with Crippen LogP contribution < -0.4 is 0 Å². The number of carbonyl (C=O) groups is 1. The van der Waals surface area contributed by atoms with E-state index in [2.05, 4.69) is 13.9 Å². The monoisotopic (exact) mass is 195 g/mol. The first-order valence-electron chi connectivity index (χ1n) is 5.08. The van der Waals surface area contributed by atoms with Crippen LogP contribution in [0.5, 0.6) is 0 Å². The maximum atomic E-state index is 11.6. The molecule has 3 nitrogen and oxygen atoms in total. The Kier molecular flexibility index (Phi) is 3.24. The van der Waals surface area contributed by atoms with Gasteiger partial charge in [-0.2, -0.15) is 0 Å². The van der Waals surface area contributed by atoms with Gasteiger partial charge in [-0.25, -0.2) is 4.79 Å². The van der Waals surface area contributed by atoms with Gasteiger partial charge in [-0.3, -0.25) is 0 Å². The predicted octanol–water partition coefficient (Wildman–Crippen LogP) is 1.21. The van der Waals surface area contributed by atoms with Crippen LogP contribution in [0.1, 0.15) is 20.8 Å². The number of hydrogen-bond acceptors (Lipinski definition) is 2. The molecule has 0 saturated heterocycles. The van der Waals surface area contributed by atoms with Crippen LogP contribution in [0.4, 0.5) is 4.79 Å². The molecule has 1 aliphatic heterocycles. The molecule has 0 atom stereocenters. The molecule has 0 saturated carbocycles. The molecule has 0 aromatic rings. The second-order valence-corrected chi connectivity index (χ2v) is 4.58. The molecular weight excluding hydrogens is 177 g/mol. The van der Waals surface area contributed by atoms with Crippen molar-refractivity contribution in [3.63, 3.8) is 0 Å². The van der Waals surface area contributed by atoms with E-state index in [1.807, 2.05) is 20.8 Å². The van der Waals surface area contributed by atoms with Gasteiger partial charge in [-0.1, -0.05) is 18.0 Å². The normalized spacial score (nSPS) is 16.8. The predicted molar refractivity (Wildman–Crippen MR) is 59.2 cm³/mol. The Hall–Kier alpha value is -0.925. The van der Waals surface area contributed by atoms with Crippen molar-refractivity contribution in [2.24, 2.45) is 0 Å². The maximum Gasteiger partial charge on any atom is 0.410 e. The van der Waals surface area contributed by atoms with E-state index < -0.39 is 5.60 Å². The van der Waals surface area contributed by atoms with Crippen LogP contribution in [0.25, 0.3) is 0 Å². The van der Waals surface area contributed by atoms with E-state index in [9.17, 15) is 4.79 Å². The lowest BCUT2D eigenvalue weighted by atomic mass is 9.98.